The first kappa shape index (κ1) is 21.8. The van der Waals surface area contributed by atoms with Gasteiger partial charge in [0.15, 0.2) is 0 Å². The standard InChI is InChI=1S/C24H36N2O3/c1-28-17-16-26(24(27)21-8-4-3-5-9-21)18-20-12-14-25(15-13-20)19-22-10-6-7-11-23(22)29-2/h3-4,6-7,10-11,20-21H,5,8-9,12-19H2,1-2H3. The molecule has 0 spiro atoms. The second-order valence-electron chi connectivity index (χ2n) is 8.29. The number of likely N-dealkylation sites (tertiary alicyclic amines) is 1. The van der Waals surface area contributed by atoms with Crippen LogP contribution < -0.4 is 4.74 Å². The summed E-state index contributed by atoms with van der Waals surface area (Å²) in [4.78, 5) is 17.6. The van der Waals surface area contributed by atoms with Crippen molar-refractivity contribution in [1.82, 2.24) is 9.80 Å². The minimum atomic E-state index is 0.155. The minimum Gasteiger partial charge on any atom is -0.496 e. The SMILES string of the molecule is COCCN(CC1CCN(Cc2ccccc2OC)CC1)C(=O)C1CC=CCC1. The number of methoxy groups -OCH3 is 2. The number of hydrogen-bond acceptors (Lipinski definition) is 4. The van der Waals surface area contributed by atoms with Crippen molar-refractivity contribution in [1.29, 1.82) is 0 Å². The summed E-state index contributed by atoms with van der Waals surface area (Å²) in [6, 6.07) is 8.27. The highest BCUT2D eigenvalue weighted by Crippen LogP contribution is 2.26. The third kappa shape index (κ3) is 6.31. The van der Waals surface area contributed by atoms with Crippen LogP contribution >= 0.6 is 0 Å². The maximum absolute atomic E-state index is 13.1. The van der Waals surface area contributed by atoms with Gasteiger partial charge in [-0.3, -0.25) is 9.69 Å². The van der Waals surface area contributed by atoms with Crippen LogP contribution in [-0.4, -0.2) is 62.7 Å². The number of nitrogens with zero attached hydrogens (tertiary/aromatic N) is 2. The molecule has 0 radical (unpaired) electrons. The Morgan fingerprint density at radius 1 is 1.14 bits per heavy atom. The number of carbonyl (C=O) groups excluding carboxylic acids is 1. The molecule has 0 aromatic heterocycles. The first-order valence-electron chi connectivity index (χ1n) is 11.0. The molecule has 5 nitrogen and oxygen atoms in total. The molecule has 1 aromatic carbocycles. The fourth-order valence-corrected chi connectivity index (χ4v) is 4.48. The van der Waals surface area contributed by atoms with Gasteiger partial charge in [0.1, 0.15) is 5.75 Å². The average Bonchev–Trinajstić information content (AvgIpc) is 2.78. The smallest absolute Gasteiger partial charge is 0.226 e. The fraction of sp³-hybridized carbons (Fsp3) is 0.625. The van der Waals surface area contributed by atoms with Crippen molar-refractivity contribution in [2.24, 2.45) is 11.8 Å². The number of rotatable bonds is 9. The van der Waals surface area contributed by atoms with Crippen molar-refractivity contribution in [3.05, 3.63) is 42.0 Å². The third-order valence-electron chi connectivity index (χ3n) is 6.27. The zero-order valence-electron chi connectivity index (χ0n) is 18.0. The van der Waals surface area contributed by atoms with E-state index in [0.717, 1.165) is 64.0 Å². The molecule has 1 saturated heterocycles. The Labute approximate surface area is 175 Å². The second-order valence-corrected chi connectivity index (χ2v) is 8.29. The van der Waals surface area contributed by atoms with Crippen molar-refractivity contribution in [3.8, 4) is 5.75 Å². The molecule has 1 aromatic rings. The van der Waals surface area contributed by atoms with Crippen molar-refractivity contribution in [2.75, 3.05) is 47.0 Å². The molecular weight excluding hydrogens is 364 g/mol. The van der Waals surface area contributed by atoms with E-state index in [-0.39, 0.29) is 5.92 Å². The van der Waals surface area contributed by atoms with Crippen LogP contribution in [0.5, 0.6) is 5.75 Å². The Morgan fingerprint density at radius 2 is 1.93 bits per heavy atom. The number of para-hydroxylation sites is 1. The van der Waals surface area contributed by atoms with Crippen LogP contribution in [-0.2, 0) is 16.1 Å². The van der Waals surface area contributed by atoms with E-state index in [9.17, 15) is 4.79 Å². The zero-order chi connectivity index (χ0) is 20.5. The molecule has 3 rings (SSSR count). The van der Waals surface area contributed by atoms with Crippen LogP contribution in [0, 0.1) is 11.8 Å². The molecular formula is C24H36N2O3. The molecule has 1 fully saturated rings. The fourth-order valence-electron chi connectivity index (χ4n) is 4.48. The van der Waals surface area contributed by atoms with E-state index in [0.29, 0.717) is 25.0 Å². The lowest BCUT2D eigenvalue weighted by Gasteiger charge is -2.36. The highest BCUT2D eigenvalue weighted by atomic mass is 16.5. The quantitative estimate of drug-likeness (QED) is 0.592. The van der Waals surface area contributed by atoms with Gasteiger partial charge in [0.05, 0.1) is 13.7 Å². The maximum atomic E-state index is 13.1. The van der Waals surface area contributed by atoms with Gasteiger partial charge in [0.25, 0.3) is 0 Å². The van der Waals surface area contributed by atoms with E-state index < -0.39 is 0 Å². The summed E-state index contributed by atoms with van der Waals surface area (Å²) in [6.07, 6.45) is 9.52. The Bertz CT molecular complexity index is 668. The summed E-state index contributed by atoms with van der Waals surface area (Å²) in [7, 11) is 3.45. The molecule has 1 aliphatic carbocycles. The van der Waals surface area contributed by atoms with Gasteiger partial charge in [-0.2, -0.15) is 0 Å². The van der Waals surface area contributed by atoms with Gasteiger partial charge in [-0.05, 0) is 57.2 Å². The summed E-state index contributed by atoms with van der Waals surface area (Å²) in [6.45, 7) is 5.25. The molecule has 0 saturated carbocycles. The van der Waals surface area contributed by atoms with E-state index in [1.807, 2.05) is 12.1 Å². The number of piperidine rings is 1. The minimum absolute atomic E-state index is 0.155. The topological polar surface area (TPSA) is 42.0 Å². The highest BCUT2D eigenvalue weighted by Gasteiger charge is 2.28. The van der Waals surface area contributed by atoms with E-state index >= 15 is 0 Å². The summed E-state index contributed by atoms with van der Waals surface area (Å²) in [5.41, 5.74) is 1.25. The number of ether oxygens (including phenoxy) is 2. The molecule has 1 heterocycles. The Morgan fingerprint density at radius 3 is 2.62 bits per heavy atom. The number of benzene rings is 1. The average molecular weight is 401 g/mol. The third-order valence-corrected chi connectivity index (χ3v) is 6.27. The van der Waals surface area contributed by atoms with Gasteiger partial charge in [0, 0.05) is 38.2 Å². The van der Waals surface area contributed by atoms with Gasteiger partial charge < -0.3 is 14.4 Å². The van der Waals surface area contributed by atoms with Crippen molar-refractivity contribution < 1.29 is 14.3 Å². The molecule has 1 unspecified atom stereocenters. The van der Waals surface area contributed by atoms with Gasteiger partial charge in [-0.15, -0.1) is 0 Å². The zero-order valence-corrected chi connectivity index (χ0v) is 18.0. The predicted molar refractivity (Wildman–Crippen MR) is 116 cm³/mol. The van der Waals surface area contributed by atoms with Crippen LogP contribution in [0.2, 0.25) is 0 Å². The molecule has 0 N–H and O–H groups in total. The van der Waals surface area contributed by atoms with Crippen LogP contribution in [0.3, 0.4) is 0 Å². The van der Waals surface area contributed by atoms with E-state index in [2.05, 4.69) is 34.1 Å². The van der Waals surface area contributed by atoms with Crippen LogP contribution in [0.15, 0.2) is 36.4 Å². The molecule has 2 aliphatic rings. The number of allylic oxidation sites excluding steroid dienone is 2. The van der Waals surface area contributed by atoms with Gasteiger partial charge in [-0.1, -0.05) is 30.4 Å². The first-order valence-corrected chi connectivity index (χ1v) is 11.0. The number of carbonyl (C=O) groups is 1. The number of hydrogen-bond donors (Lipinski definition) is 0. The second kappa shape index (κ2) is 11.4. The first-order chi connectivity index (χ1) is 14.2. The van der Waals surface area contributed by atoms with Gasteiger partial charge >= 0.3 is 0 Å². The number of amides is 1. The molecule has 1 atom stereocenters. The molecule has 5 heteroatoms. The maximum Gasteiger partial charge on any atom is 0.226 e. The predicted octanol–water partition coefficient (Wildman–Crippen LogP) is 3.74. The Kier molecular flexibility index (Phi) is 8.56. The molecule has 160 valence electrons. The molecule has 1 amide bonds. The van der Waals surface area contributed by atoms with Gasteiger partial charge in [-0.25, -0.2) is 0 Å². The summed E-state index contributed by atoms with van der Waals surface area (Å²) in [5, 5.41) is 0. The van der Waals surface area contributed by atoms with Crippen LogP contribution in [0.4, 0.5) is 0 Å². The summed E-state index contributed by atoms with van der Waals surface area (Å²) >= 11 is 0. The van der Waals surface area contributed by atoms with Crippen molar-refractivity contribution in [3.63, 3.8) is 0 Å². The van der Waals surface area contributed by atoms with Crippen molar-refractivity contribution in [2.45, 2.75) is 38.6 Å². The highest BCUT2D eigenvalue weighted by molar-refractivity contribution is 5.79. The molecule has 0 bridgehead atoms. The Balaban J connectivity index is 1.51. The largest absolute Gasteiger partial charge is 0.496 e. The summed E-state index contributed by atoms with van der Waals surface area (Å²) in [5.74, 6) is 2.02. The normalized spacial score (nSPS) is 20.6. The lowest BCUT2D eigenvalue weighted by molar-refractivity contribution is -0.137. The molecule has 29 heavy (non-hydrogen) atoms. The Hall–Kier alpha value is -1.85. The van der Waals surface area contributed by atoms with Gasteiger partial charge in [0.2, 0.25) is 5.91 Å². The van der Waals surface area contributed by atoms with E-state index in [4.69, 9.17) is 9.47 Å². The van der Waals surface area contributed by atoms with Crippen LogP contribution in [0.25, 0.3) is 0 Å². The van der Waals surface area contributed by atoms with E-state index in [1.165, 1.54) is 5.56 Å². The molecule has 1 aliphatic heterocycles. The monoisotopic (exact) mass is 400 g/mol. The van der Waals surface area contributed by atoms with Crippen LogP contribution in [0.1, 0.15) is 37.7 Å². The lowest BCUT2D eigenvalue weighted by atomic mass is 9.91. The lowest BCUT2D eigenvalue weighted by Crippen LogP contribution is -2.44. The van der Waals surface area contributed by atoms with Crippen molar-refractivity contribution >= 4 is 5.91 Å². The summed E-state index contributed by atoms with van der Waals surface area (Å²) < 4.78 is 10.8. The van der Waals surface area contributed by atoms with E-state index in [1.54, 1.807) is 14.2 Å².